The Morgan fingerprint density at radius 1 is 1.27 bits per heavy atom. The van der Waals surface area contributed by atoms with E-state index in [1.807, 2.05) is 14.0 Å². The van der Waals surface area contributed by atoms with E-state index in [0.717, 1.165) is 22.6 Å². The molecule has 2 aromatic rings. The molecule has 4 heteroatoms. The largest absolute Gasteiger partial charge is 0.371 e. The molecule has 0 bridgehead atoms. The minimum absolute atomic E-state index is 0.232. The first-order chi connectivity index (χ1) is 7.22. The maximum absolute atomic E-state index is 12.7. The number of hydrogen-bond donors (Lipinski definition) is 2. The monoisotopic (exact) mass is 205 g/mol. The molecule has 3 nitrogen and oxygen atoms in total. The number of nitrogens with one attached hydrogen (secondary N) is 2. The smallest absolute Gasteiger partial charge is 0.151 e. The lowest BCUT2D eigenvalue weighted by Crippen LogP contribution is -1.89. The molecule has 2 rings (SSSR count). The summed E-state index contributed by atoms with van der Waals surface area (Å²) >= 11 is 0. The molecule has 0 fully saturated rings. The van der Waals surface area contributed by atoms with Crippen LogP contribution in [0.15, 0.2) is 24.3 Å². The molecule has 1 aromatic heterocycles. The van der Waals surface area contributed by atoms with Gasteiger partial charge in [0.15, 0.2) is 5.82 Å². The van der Waals surface area contributed by atoms with Gasteiger partial charge in [0.1, 0.15) is 5.82 Å². The normalized spacial score (nSPS) is 10.3. The van der Waals surface area contributed by atoms with Crippen LogP contribution >= 0.6 is 0 Å². The summed E-state index contributed by atoms with van der Waals surface area (Å²) in [7, 11) is 1.82. The molecular weight excluding hydrogens is 193 g/mol. The zero-order chi connectivity index (χ0) is 10.8. The third-order valence-electron chi connectivity index (χ3n) is 2.38. The number of nitrogens with zero attached hydrogens (tertiary/aromatic N) is 1. The van der Waals surface area contributed by atoms with Gasteiger partial charge in [-0.15, -0.1) is 0 Å². The standard InChI is InChI=1S/C11H12FN3/c1-7-10(14-15-11(7)13-2)8-3-5-9(12)6-4-8/h3-6H,1-2H3,(H2,13,14,15). The van der Waals surface area contributed by atoms with Crippen LogP contribution in [-0.2, 0) is 0 Å². The highest BCUT2D eigenvalue weighted by Gasteiger charge is 2.08. The quantitative estimate of drug-likeness (QED) is 0.791. The second-order valence-electron chi connectivity index (χ2n) is 3.33. The van der Waals surface area contributed by atoms with Crippen LogP contribution < -0.4 is 5.32 Å². The third-order valence-corrected chi connectivity index (χ3v) is 2.38. The predicted octanol–water partition coefficient (Wildman–Crippen LogP) is 2.57. The van der Waals surface area contributed by atoms with Crippen LogP contribution in [-0.4, -0.2) is 17.2 Å². The molecule has 0 radical (unpaired) electrons. The minimum atomic E-state index is -0.232. The molecule has 0 amide bonds. The zero-order valence-electron chi connectivity index (χ0n) is 8.63. The lowest BCUT2D eigenvalue weighted by Gasteiger charge is -2.00. The predicted molar refractivity (Wildman–Crippen MR) is 58.3 cm³/mol. The van der Waals surface area contributed by atoms with E-state index < -0.39 is 0 Å². The highest BCUT2D eigenvalue weighted by Crippen LogP contribution is 2.25. The first-order valence-electron chi connectivity index (χ1n) is 4.71. The van der Waals surface area contributed by atoms with Crippen LogP contribution in [0.25, 0.3) is 11.3 Å². The van der Waals surface area contributed by atoms with Crippen molar-refractivity contribution in [1.29, 1.82) is 0 Å². The Kier molecular flexibility index (Phi) is 2.41. The van der Waals surface area contributed by atoms with Gasteiger partial charge < -0.3 is 5.32 Å². The highest BCUT2D eigenvalue weighted by atomic mass is 19.1. The first kappa shape index (κ1) is 9.71. The average molecular weight is 205 g/mol. The molecule has 0 aliphatic carbocycles. The van der Waals surface area contributed by atoms with Crippen molar-refractivity contribution in [2.75, 3.05) is 12.4 Å². The van der Waals surface area contributed by atoms with E-state index in [1.165, 1.54) is 12.1 Å². The number of hydrogen-bond acceptors (Lipinski definition) is 2. The molecule has 0 unspecified atom stereocenters. The van der Waals surface area contributed by atoms with Crippen molar-refractivity contribution in [2.45, 2.75) is 6.92 Å². The van der Waals surface area contributed by atoms with Gasteiger partial charge in [-0.25, -0.2) is 4.39 Å². The second kappa shape index (κ2) is 3.73. The number of anilines is 1. The number of benzene rings is 1. The summed E-state index contributed by atoms with van der Waals surface area (Å²) in [4.78, 5) is 0. The van der Waals surface area contributed by atoms with E-state index in [1.54, 1.807) is 12.1 Å². The molecule has 0 saturated heterocycles. The minimum Gasteiger partial charge on any atom is -0.371 e. The van der Waals surface area contributed by atoms with E-state index in [4.69, 9.17) is 0 Å². The molecule has 0 spiro atoms. The van der Waals surface area contributed by atoms with E-state index in [2.05, 4.69) is 15.5 Å². The molecule has 0 aliphatic rings. The van der Waals surface area contributed by atoms with Crippen LogP contribution in [0.1, 0.15) is 5.56 Å². The summed E-state index contributed by atoms with van der Waals surface area (Å²) < 4.78 is 12.7. The van der Waals surface area contributed by atoms with Crippen molar-refractivity contribution < 1.29 is 4.39 Å². The fraction of sp³-hybridized carbons (Fsp3) is 0.182. The van der Waals surface area contributed by atoms with Crippen LogP contribution in [0.3, 0.4) is 0 Å². The lowest BCUT2D eigenvalue weighted by atomic mass is 10.1. The third kappa shape index (κ3) is 1.70. The van der Waals surface area contributed by atoms with Crippen LogP contribution in [0.4, 0.5) is 10.2 Å². The van der Waals surface area contributed by atoms with Crippen molar-refractivity contribution in [3.8, 4) is 11.3 Å². The Bertz CT molecular complexity index is 459. The van der Waals surface area contributed by atoms with Gasteiger partial charge in [-0.2, -0.15) is 5.10 Å². The highest BCUT2D eigenvalue weighted by molar-refractivity contribution is 5.68. The number of aromatic amines is 1. The maximum atomic E-state index is 12.7. The van der Waals surface area contributed by atoms with Crippen molar-refractivity contribution in [1.82, 2.24) is 10.2 Å². The number of halogens is 1. The average Bonchev–Trinajstić information content (AvgIpc) is 2.61. The van der Waals surface area contributed by atoms with Gasteiger partial charge in [-0.1, -0.05) is 0 Å². The van der Waals surface area contributed by atoms with Gasteiger partial charge in [-0.05, 0) is 31.2 Å². The van der Waals surface area contributed by atoms with Crippen LogP contribution in [0.5, 0.6) is 0 Å². The summed E-state index contributed by atoms with van der Waals surface area (Å²) in [5, 5.41) is 10.0. The molecule has 2 N–H and O–H groups in total. The molecule has 1 heterocycles. The Balaban J connectivity index is 2.45. The SMILES string of the molecule is CNc1n[nH]c(-c2ccc(F)cc2)c1C. The van der Waals surface area contributed by atoms with Crippen molar-refractivity contribution in [2.24, 2.45) is 0 Å². The summed E-state index contributed by atoms with van der Waals surface area (Å²) in [5.74, 6) is 0.582. The zero-order valence-corrected chi connectivity index (χ0v) is 8.63. The summed E-state index contributed by atoms with van der Waals surface area (Å²) in [6, 6.07) is 6.34. The summed E-state index contributed by atoms with van der Waals surface area (Å²) in [5.41, 5.74) is 2.88. The number of H-pyrrole nitrogens is 1. The van der Waals surface area contributed by atoms with E-state index in [-0.39, 0.29) is 5.82 Å². The second-order valence-corrected chi connectivity index (χ2v) is 3.33. The number of aromatic nitrogens is 2. The lowest BCUT2D eigenvalue weighted by molar-refractivity contribution is 0.628. The molecule has 15 heavy (non-hydrogen) atoms. The van der Waals surface area contributed by atoms with Gasteiger partial charge in [0.05, 0.1) is 5.69 Å². The van der Waals surface area contributed by atoms with Crippen molar-refractivity contribution in [3.63, 3.8) is 0 Å². The topological polar surface area (TPSA) is 40.7 Å². The molecule has 0 atom stereocenters. The van der Waals surface area contributed by atoms with E-state index >= 15 is 0 Å². The van der Waals surface area contributed by atoms with Crippen molar-refractivity contribution >= 4 is 5.82 Å². The van der Waals surface area contributed by atoms with Gasteiger partial charge in [-0.3, -0.25) is 5.10 Å². The van der Waals surface area contributed by atoms with Crippen LogP contribution in [0, 0.1) is 12.7 Å². The Labute approximate surface area is 87.3 Å². The van der Waals surface area contributed by atoms with Crippen molar-refractivity contribution in [3.05, 3.63) is 35.6 Å². The fourth-order valence-corrected chi connectivity index (χ4v) is 1.54. The Morgan fingerprint density at radius 2 is 1.93 bits per heavy atom. The molecule has 1 aromatic carbocycles. The summed E-state index contributed by atoms with van der Waals surface area (Å²) in [6.07, 6.45) is 0. The van der Waals surface area contributed by atoms with Gasteiger partial charge in [0.25, 0.3) is 0 Å². The van der Waals surface area contributed by atoms with Gasteiger partial charge in [0, 0.05) is 18.2 Å². The Hall–Kier alpha value is -1.84. The first-order valence-corrected chi connectivity index (χ1v) is 4.71. The fourth-order valence-electron chi connectivity index (χ4n) is 1.54. The molecule has 0 saturated carbocycles. The maximum Gasteiger partial charge on any atom is 0.151 e. The molecule has 78 valence electrons. The van der Waals surface area contributed by atoms with E-state index in [9.17, 15) is 4.39 Å². The van der Waals surface area contributed by atoms with Gasteiger partial charge >= 0.3 is 0 Å². The summed E-state index contributed by atoms with van der Waals surface area (Å²) in [6.45, 7) is 1.97. The van der Waals surface area contributed by atoms with E-state index in [0.29, 0.717) is 0 Å². The molecule has 0 aliphatic heterocycles. The molecular formula is C11H12FN3. The van der Waals surface area contributed by atoms with Crippen LogP contribution in [0.2, 0.25) is 0 Å². The number of rotatable bonds is 2. The van der Waals surface area contributed by atoms with Gasteiger partial charge in [0.2, 0.25) is 0 Å². The Morgan fingerprint density at radius 3 is 2.47 bits per heavy atom.